The molecule has 0 aliphatic rings. The smallest absolute Gasteiger partial charge is 0.282 e. The van der Waals surface area contributed by atoms with Crippen LogP contribution in [0, 0.1) is 6.92 Å². The Hall–Kier alpha value is -2.95. The SMILES string of the molecule is CCN(CC)c1ccc(/C=N\n2c(C)nc3ccccc3c2=O)cc1. The number of hydrogen-bond acceptors (Lipinski definition) is 4. The molecule has 0 radical (unpaired) electrons. The zero-order valence-electron chi connectivity index (χ0n) is 14.8. The fourth-order valence-corrected chi connectivity index (χ4v) is 2.86. The lowest BCUT2D eigenvalue weighted by Gasteiger charge is -2.20. The molecule has 0 bridgehead atoms. The first kappa shape index (κ1) is 16.9. The van der Waals surface area contributed by atoms with Gasteiger partial charge in [-0.2, -0.15) is 9.78 Å². The van der Waals surface area contributed by atoms with E-state index in [-0.39, 0.29) is 5.56 Å². The maximum atomic E-state index is 12.6. The number of para-hydroxylation sites is 1. The Labute approximate surface area is 147 Å². The Kier molecular flexibility index (Phi) is 4.93. The van der Waals surface area contributed by atoms with Crippen molar-refractivity contribution >= 4 is 22.8 Å². The predicted molar refractivity (Wildman–Crippen MR) is 104 cm³/mol. The van der Waals surface area contributed by atoms with E-state index in [9.17, 15) is 4.79 Å². The number of benzene rings is 2. The molecule has 128 valence electrons. The molecular weight excluding hydrogens is 312 g/mol. The van der Waals surface area contributed by atoms with Crippen molar-refractivity contribution < 1.29 is 0 Å². The number of fused-ring (bicyclic) bond motifs is 1. The van der Waals surface area contributed by atoms with E-state index in [4.69, 9.17) is 0 Å². The number of rotatable bonds is 5. The number of nitrogens with zero attached hydrogens (tertiary/aromatic N) is 4. The average molecular weight is 334 g/mol. The van der Waals surface area contributed by atoms with Gasteiger partial charge >= 0.3 is 0 Å². The molecule has 1 heterocycles. The summed E-state index contributed by atoms with van der Waals surface area (Å²) in [4.78, 5) is 19.3. The first-order valence-electron chi connectivity index (χ1n) is 8.51. The summed E-state index contributed by atoms with van der Waals surface area (Å²) in [6, 6.07) is 15.5. The summed E-state index contributed by atoms with van der Waals surface area (Å²) in [5.41, 5.74) is 2.66. The molecule has 2 aromatic carbocycles. The van der Waals surface area contributed by atoms with Crippen LogP contribution in [0.4, 0.5) is 5.69 Å². The highest BCUT2D eigenvalue weighted by Crippen LogP contribution is 2.14. The minimum Gasteiger partial charge on any atom is -0.372 e. The number of hydrogen-bond donors (Lipinski definition) is 0. The van der Waals surface area contributed by atoms with Crippen molar-refractivity contribution in [1.29, 1.82) is 0 Å². The molecule has 3 rings (SSSR count). The highest BCUT2D eigenvalue weighted by atomic mass is 16.1. The van der Waals surface area contributed by atoms with Crippen molar-refractivity contribution in [2.45, 2.75) is 20.8 Å². The number of aromatic nitrogens is 2. The fraction of sp³-hybridized carbons (Fsp3) is 0.250. The summed E-state index contributed by atoms with van der Waals surface area (Å²) in [5, 5.41) is 4.92. The lowest BCUT2D eigenvalue weighted by atomic mass is 10.2. The van der Waals surface area contributed by atoms with E-state index in [1.54, 1.807) is 19.2 Å². The van der Waals surface area contributed by atoms with Crippen LogP contribution in [0.3, 0.4) is 0 Å². The minimum atomic E-state index is -0.154. The number of aryl methyl sites for hydroxylation is 1. The van der Waals surface area contributed by atoms with Gasteiger partial charge in [-0.1, -0.05) is 24.3 Å². The summed E-state index contributed by atoms with van der Waals surface area (Å²) in [7, 11) is 0. The van der Waals surface area contributed by atoms with Crippen molar-refractivity contribution in [3.05, 3.63) is 70.3 Å². The number of anilines is 1. The van der Waals surface area contributed by atoms with Crippen LogP contribution < -0.4 is 10.5 Å². The van der Waals surface area contributed by atoms with Gasteiger partial charge in [0.2, 0.25) is 0 Å². The van der Waals surface area contributed by atoms with Crippen LogP contribution in [-0.4, -0.2) is 29.0 Å². The third kappa shape index (κ3) is 3.45. The van der Waals surface area contributed by atoms with E-state index in [0.717, 1.165) is 18.7 Å². The maximum Gasteiger partial charge on any atom is 0.282 e. The highest BCUT2D eigenvalue weighted by Gasteiger charge is 2.06. The molecule has 0 amide bonds. The van der Waals surface area contributed by atoms with E-state index >= 15 is 0 Å². The molecule has 1 aromatic heterocycles. The topological polar surface area (TPSA) is 50.5 Å². The highest BCUT2D eigenvalue weighted by molar-refractivity contribution is 5.81. The van der Waals surface area contributed by atoms with Crippen LogP contribution in [0.1, 0.15) is 25.2 Å². The first-order chi connectivity index (χ1) is 12.1. The normalized spacial score (nSPS) is 11.3. The molecule has 25 heavy (non-hydrogen) atoms. The van der Waals surface area contributed by atoms with Crippen LogP contribution >= 0.6 is 0 Å². The fourth-order valence-electron chi connectivity index (χ4n) is 2.86. The van der Waals surface area contributed by atoms with Gasteiger partial charge in [0.25, 0.3) is 5.56 Å². The van der Waals surface area contributed by atoms with Crippen LogP contribution in [0.5, 0.6) is 0 Å². The van der Waals surface area contributed by atoms with Gasteiger partial charge in [-0.15, -0.1) is 0 Å². The average Bonchev–Trinajstić information content (AvgIpc) is 2.64. The summed E-state index contributed by atoms with van der Waals surface area (Å²) < 4.78 is 1.35. The Balaban J connectivity index is 1.92. The molecule has 0 fully saturated rings. The molecular formula is C20H22N4O. The zero-order chi connectivity index (χ0) is 17.8. The van der Waals surface area contributed by atoms with Gasteiger partial charge in [0.05, 0.1) is 17.1 Å². The Morgan fingerprint density at radius 1 is 1.08 bits per heavy atom. The largest absolute Gasteiger partial charge is 0.372 e. The van der Waals surface area contributed by atoms with Gasteiger partial charge in [-0.3, -0.25) is 4.79 Å². The monoisotopic (exact) mass is 334 g/mol. The molecule has 0 saturated carbocycles. The zero-order valence-corrected chi connectivity index (χ0v) is 14.8. The predicted octanol–water partition coefficient (Wildman–Crippen LogP) is 3.43. The molecule has 5 nitrogen and oxygen atoms in total. The molecule has 0 spiro atoms. The minimum absolute atomic E-state index is 0.154. The Morgan fingerprint density at radius 2 is 1.76 bits per heavy atom. The second kappa shape index (κ2) is 7.30. The molecule has 0 unspecified atom stereocenters. The molecule has 0 saturated heterocycles. The molecule has 0 aliphatic carbocycles. The van der Waals surface area contributed by atoms with Gasteiger partial charge in [-0.05, 0) is 50.6 Å². The lowest BCUT2D eigenvalue weighted by molar-refractivity contribution is 0.771. The summed E-state index contributed by atoms with van der Waals surface area (Å²) in [6.07, 6.45) is 1.69. The molecule has 0 atom stereocenters. The van der Waals surface area contributed by atoms with Crippen molar-refractivity contribution in [2.75, 3.05) is 18.0 Å². The summed E-state index contributed by atoms with van der Waals surface area (Å²) in [5.74, 6) is 0.569. The van der Waals surface area contributed by atoms with E-state index < -0.39 is 0 Å². The Bertz CT molecular complexity index is 954. The van der Waals surface area contributed by atoms with Gasteiger partial charge in [0, 0.05) is 18.8 Å². The van der Waals surface area contributed by atoms with Crippen molar-refractivity contribution in [1.82, 2.24) is 9.66 Å². The van der Waals surface area contributed by atoms with Crippen molar-refractivity contribution in [2.24, 2.45) is 5.10 Å². The standard InChI is InChI=1S/C20H22N4O/c1-4-23(5-2)17-12-10-16(11-13-17)14-21-24-15(3)22-19-9-7-6-8-18(19)20(24)25/h6-14H,4-5H2,1-3H3/b21-14-. The summed E-state index contributed by atoms with van der Waals surface area (Å²) >= 11 is 0. The van der Waals surface area contributed by atoms with E-state index in [1.807, 2.05) is 30.3 Å². The van der Waals surface area contributed by atoms with Crippen LogP contribution in [0.2, 0.25) is 0 Å². The van der Waals surface area contributed by atoms with E-state index in [0.29, 0.717) is 16.7 Å². The Morgan fingerprint density at radius 3 is 2.44 bits per heavy atom. The second-order valence-corrected chi connectivity index (χ2v) is 5.80. The van der Waals surface area contributed by atoms with Crippen LogP contribution in [0.25, 0.3) is 10.9 Å². The van der Waals surface area contributed by atoms with Gasteiger partial charge in [-0.25, -0.2) is 4.98 Å². The first-order valence-corrected chi connectivity index (χ1v) is 8.51. The van der Waals surface area contributed by atoms with Crippen LogP contribution in [-0.2, 0) is 0 Å². The molecule has 0 aliphatic heterocycles. The van der Waals surface area contributed by atoms with Crippen molar-refractivity contribution in [3.8, 4) is 0 Å². The maximum absolute atomic E-state index is 12.6. The second-order valence-electron chi connectivity index (χ2n) is 5.80. The van der Waals surface area contributed by atoms with Crippen LogP contribution in [0.15, 0.2) is 58.4 Å². The molecule has 3 aromatic rings. The molecule has 5 heteroatoms. The van der Waals surface area contributed by atoms with E-state index in [2.05, 4.69) is 41.0 Å². The van der Waals surface area contributed by atoms with Crippen molar-refractivity contribution in [3.63, 3.8) is 0 Å². The molecule has 0 N–H and O–H groups in total. The van der Waals surface area contributed by atoms with Gasteiger partial charge in [0.15, 0.2) is 0 Å². The third-order valence-corrected chi connectivity index (χ3v) is 4.26. The quantitative estimate of drug-likeness (QED) is 0.672. The third-order valence-electron chi connectivity index (χ3n) is 4.26. The van der Waals surface area contributed by atoms with E-state index in [1.165, 1.54) is 10.4 Å². The van der Waals surface area contributed by atoms with Gasteiger partial charge < -0.3 is 4.90 Å². The summed E-state index contributed by atoms with van der Waals surface area (Å²) in [6.45, 7) is 8.01. The van der Waals surface area contributed by atoms with Gasteiger partial charge in [0.1, 0.15) is 5.82 Å². The lowest BCUT2D eigenvalue weighted by Crippen LogP contribution is -2.21.